The number of halogens is 1. The molecule has 3 rings (SSSR count). The lowest BCUT2D eigenvalue weighted by atomic mass is 9.95. The van der Waals surface area contributed by atoms with Crippen molar-refractivity contribution in [1.29, 1.82) is 0 Å². The van der Waals surface area contributed by atoms with Gasteiger partial charge in [0.15, 0.2) is 0 Å². The van der Waals surface area contributed by atoms with Gasteiger partial charge in [0.25, 0.3) is 0 Å². The van der Waals surface area contributed by atoms with Gasteiger partial charge in [-0.1, -0.05) is 18.2 Å². The van der Waals surface area contributed by atoms with Crippen LogP contribution in [0, 0.1) is 0 Å². The van der Waals surface area contributed by atoms with Gasteiger partial charge in [-0.05, 0) is 11.1 Å². The Bertz CT molecular complexity index is 537. The standard InChI is InChI=1S/C12H10N2O2.ClH/c15-12(16)10-6-9-3-1-2-8-4-5-13-14(7-10)11(8)9;/h1-3,5,7H,4,6H2,(H,15,16);1H. The Morgan fingerprint density at radius 3 is 2.88 bits per heavy atom. The van der Waals surface area contributed by atoms with Crippen molar-refractivity contribution in [2.24, 2.45) is 5.10 Å². The number of para-hydroxylation sites is 1. The van der Waals surface area contributed by atoms with Gasteiger partial charge in [-0.25, -0.2) is 9.80 Å². The minimum absolute atomic E-state index is 0. The van der Waals surface area contributed by atoms with Crippen LogP contribution in [0.2, 0.25) is 0 Å². The van der Waals surface area contributed by atoms with Crippen molar-refractivity contribution in [3.63, 3.8) is 0 Å². The quantitative estimate of drug-likeness (QED) is 0.829. The predicted molar refractivity (Wildman–Crippen MR) is 67.8 cm³/mol. The third-order valence-corrected chi connectivity index (χ3v) is 2.88. The number of rotatable bonds is 1. The van der Waals surface area contributed by atoms with Gasteiger partial charge in [-0.3, -0.25) is 0 Å². The summed E-state index contributed by atoms with van der Waals surface area (Å²) in [6.45, 7) is 0. The van der Waals surface area contributed by atoms with E-state index in [1.165, 1.54) is 5.56 Å². The number of carboxylic acid groups (broad SMARTS) is 1. The zero-order chi connectivity index (χ0) is 11.1. The van der Waals surface area contributed by atoms with E-state index >= 15 is 0 Å². The molecule has 0 radical (unpaired) electrons. The minimum atomic E-state index is -0.878. The normalized spacial score (nSPS) is 15.8. The summed E-state index contributed by atoms with van der Waals surface area (Å²) in [5.41, 5.74) is 3.67. The number of aliphatic carboxylic acids is 1. The molecule has 2 aliphatic rings. The summed E-state index contributed by atoms with van der Waals surface area (Å²) in [7, 11) is 0. The molecule has 0 saturated heterocycles. The number of anilines is 1. The smallest absolute Gasteiger partial charge is 0.333 e. The summed E-state index contributed by atoms with van der Waals surface area (Å²) in [4.78, 5) is 11.0. The highest BCUT2D eigenvalue weighted by Crippen LogP contribution is 2.34. The van der Waals surface area contributed by atoms with Gasteiger partial charge in [0.05, 0.1) is 11.3 Å². The third-order valence-electron chi connectivity index (χ3n) is 2.88. The van der Waals surface area contributed by atoms with Gasteiger partial charge >= 0.3 is 5.97 Å². The lowest BCUT2D eigenvalue weighted by Gasteiger charge is -2.28. The van der Waals surface area contributed by atoms with Crippen molar-refractivity contribution in [2.75, 3.05) is 5.01 Å². The van der Waals surface area contributed by atoms with Gasteiger partial charge in [0.1, 0.15) is 0 Å². The minimum Gasteiger partial charge on any atom is -0.478 e. The maximum Gasteiger partial charge on any atom is 0.333 e. The highest BCUT2D eigenvalue weighted by molar-refractivity contribution is 5.90. The molecule has 1 aromatic carbocycles. The number of hydrogen-bond acceptors (Lipinski definition) is 3. The number of carbonyl (C=O) groups is 1. The topological polar surface area (TPSA) is 52.9 Å². The number of hydrogen-bond donors (Lipinski definition) is 1. The molecule has 4 nitrogen and oxygen atoms in total. The SMILES string of the molecule is Cl.O=C(O)C1=CN2N=CCc3cccc(c32)C1. The Kier molecular flexibility index (Phi) is 2.90. The lowest BCUT2D eigenvalue weighted by molar-refractivity contribution is -0.132. The van der Waals surface area contributed by atoms with E-state index in [0.29, 0.717) is 12.0 Å². The van der Waals surface area contributed by atoms with Gasteiger partial charge in [-0.2, -0.15) is 5.10 Å². The Labute approximate surface area is 105 Å². The van der Waals surface area contributed by atoms with Crippen LogP contribution in [-0.2, 0) is 17.6 Å². The maximum absolute atomic E-state index is 11.0. The van der Waals surface area contributed by atoms with E-state index in [1.807, 2.05) is 12.1 Å². The Morgan fingerprint density at radius 1 is 1.35 bits per heavy atom. The zero-order valence-electron chi connectivity index (χ0n) is 8.96. The summed E-state index contributed by atoms with van der Waals surface area (Å²) in [6.07, 6.45) is 4.69. The summed E-state index contributed by atoms with van der Waals surface area (Å²) in [5.74, 6) is -0.878. The monoisotopic (exact) mass is 250 g/mol. The average Bonchev–Trinajstić information content (AvgIpc) is 2.29. The van der Waals surface area contributed by atoms with Crippen LogP contribution in [0.4, 0.5) is 5.69 Å². The fraction of sp³-hybridized carbons (Fsp3) is 0.167. The van der Waals surface area contributed by atoms with Crippen LogP contribution in [0.5, 0.6) is 0 Å². The summed E-state index contributed by atoms with van der Waals surface area (Å²) >= 11 is 0. The highest BCUT2D eigenvalue weighted by atomic mass is 35.5. The second-order valence-corrected chi connectivity index (χ2v) is 3.91. The number of carboxylic acids is 1. The van der Waals surface area contributed by atoms with E-state index in [0.717, 1.165) is 17.7 Å². The van der Waals surface area contributed by atoms with E-state index in [1.54, 1.807) is 17.4 Å². The molecule has 0 aliphatic carbocycles. The zero-order valence-corrected chi connectivity index (χ0v) is 9.78. The van der Waals surface area contributed by atoms with Gasteiger partial charge in [0, 0.05) is 25.3 Å². The second kappa shape index (κ2) is 4.22. The average molecular weight is 251 g/mol. The molecule has 1 N–H and O–H groups in total. The molecule has 0 saturated carbocycles. The fourth-order valence-corrected chi connectivity index (χ4v) is 2.16. The fourth-order valence-electron chi connectivity index (χ4n) is 2.16. The molecular weight excluding hydrogens is 240 g/mol. The van der Waals surface area contributed by atoms with Gasteiger partial charge in [0.2, 0.25) is 0 Å². The largest absolute Gasteiger partial charge is 0.478 e. The first-order valence-electron chi connectivity index (χ1n) is 5.12. The van der Waals surface area contributed by atoms with Crippen LogP contribution in [0.1, 0.15) is 11.1 Å². The lowest BCUT2D eigenvalue weighted by Crippen LogP contribution is -2.24. The van der Waals surface area contributed by atoms with E-state index in [2.05, 4.69) is 11.2 Å². The molecule has 0 bridgehead atoms. The Hall–Kier alpha value is -1.81. The maximum atomic E-state index is 11.0. The molecule has 0 spiro atoms. The van der Waals surface area contributed by atoms with Crippen molar-refractivity contribution in [3.05, 3.63) is 41.1 Å². The summed E-state index contributed by atoms with van der Waals surface area (Å²) in [6, 6.07) is 5.98. The first-order chi connectivity index (χ1) is 7.75. The van der Waals surface area contributed by atoms with Crippen molar-refractivity contribution in [2.45, 2.75) is 12.8 Å². The Balaban J connectivity index is 0.00000108. The van der Waals surface area contributed by atoms with Crippen LogP contribution in [0.15, 0.2) is 35.1 Å². The number of benzene rings is 1. The van der Waals surface area contributed by atoms with Gasteiger partial charge < -0.3 is 5.11 Å². The van der Waals surface area contributed by atoms with Crippen molar-refractivity contribution >= 4 is 30.3 Å². The van der Waals surface area contributed by atoms with E-state index in [9.17, 15) is 4.79 Å². The summed E-state index contributed by atoms with van der Waals surface area (Å²) < 4.78 is 0. The van der Waals surface area contributed by atoms with Crippen LogP contribution in [0.3, 0.4) is 0 Å². The first-order valence-corrected chi connectivity index (χ1v) is 5.12. The van der Waals surface area contributed by atoms with Crippen molar-refractivity contribution in [3.8, 4) is 0 Å². The molecule has 2 heterocycles. The van der Waals surface area contributed by atoms with E-state index in [-0.39, 0.29) is 12.4 Å². The van der Waals surface area contributed by atoms with E-state index in [4.69, 9.17) is 5.11 Å². The van der Waals surface area contributed by atoms with Crippen LogP contribution < -0.4 is 5.01 Å². The second-order valence-electron chi connectivity index (χ2n) is 3.91. The molecule has 5 heteroatoms. The van der Waals surface area contributed by atoms with Crippen LogP contribution in [0.25, 0.3) is 0 Å². The third kappa shape index (κ3) is 1.80. The molecule has 0 aromatic heterocycles. The molecule has 17 heavy (non-hydrogen) atoms. The molecule has 0 atom stereocenters. The molecule has 88 valence electrons. The molecule has 1 aromatic rings. The van der Waals surface area contributed by atoms with Crippen molar-refractivity contribution in [1.82, 2.24) is 0 Å². The highest BCUT2D eigenvalue weighted by Gasteiger charge is 2.24. The molecular formula is C12H11ClN2O2. The van der Waals surface area contributed by atoms with Crippen LogP contribution in [-0.4, -0.2) is 17.3 Å². The number of hydrazone groups is 1. The molecule has 0 unspecified atom stereocenters. The summed E-state index contributed by atoms with van der Waals surface area (Å²) in [5, 5.41) is 14.9. The molecule has 2 aliphatic heterocycles. The van der Waals surface area contributed by atoms with Crippen molar-refractivity contribution < 1.29 is 9.90 Å². The predicted octanol–water partition coefficient (Wildman–Crippen LogP) is 1.98. The van der Waals surface area contributed by atoms with E-state index < -0.39 is 5.97 Å². The van der Waals surface area contributed by atoms with Gasteiger partial charge in [-0.15, -0.1) is 12.4 Å². The first kappa shape index (κ1) is 11.7. The van der Waals surface area contributed by atoms with Crippen LogP contribution >= 0.6 is 12.4 Å². The Morgan fingerprint density at radius 2 is 2.12 bits per heavy atom. The molecule has 0 amide bonds. The number of nitrogens with zero attached hydrogens (tertiary/aromatic N) is 2. The molecule has 0 fully saturated rings.